The van der Waals surface area contributed by atoms with Gasteiger partial charge in [-0.2, -0.15) is 18.2 Å². The van der Waals surface area contributed by atoms with Gasteiger partial charge in [-0.05, 0) is 49.1 Å². The molecule has 0 amide bonds. The molecule has 0 bridgehead atoms. The second-order valence-corrected chi connectivity index (χ2v) is 8.06. The van der Waals surface area contributed by atoms with E-state index < -0.39 is 11.7 Å². The minimum atomic E-state index is -4.61. The fourth-order valence-corrected chi connectivity index (χ4v) is 3.36. The van der Waals surface area contributed by atoms with Crippen LogP contribution in [-0.4, -0.2) is 16.6 Å². The second-order valence-electron chi connectivity index (χ2n) is 8.06. The van der Waals surface area contributed by atoms with Gasteiger partial charge in [-0.3, -0.25) is 0 Å². The van der Waals surface area contributed by atoms with Gasteiger partial charge in [-0.25, -0.2) is 4.98 Å². The summed E-state index contributed by atoms with van der Waals surface area (Å²) in [5.74, 6) is 0.196. The van der Waals surface area contributed by atoms with Gasteiger partial charge in [0.1, 0.15) is 17.1 Å². The van der Waals surface area contributed by atoms with Crippen molar-refractivity contribution in [2.24, 2.45) is 0 Å². The molecule has 0 aliphatic heterocycles. The Bertz CT molecular complexity index is 1040. The number of ether oxygens (including phenoxy) is 1. The first kappa shape index (κ1) is 25.3. The Kier molecular flexibility index (Phi) is 9.13. The highest BCUT2D eigenvalue weighted by molar-refractivity contribution is 5.67. The molecule has 182 valence electrons. The molecular weight excluding hydrogens is 441 g/mol. The maximum absolute atomic E-state index is 13.7. The lowest BCUT2D eigenvalue weighted by Gasteiger charge is -2.17. The zero-order chi connectivity index (χ0) is 24.4. The number of anilines is 4. The molecule has 8 heteroatoms. The Morgan fingerprint density at radius 3 is 2.32 bits per heavy atom. The molecule has 0 aliphatic rings. The molecule has 1 aromatic heterocycles. The molecule has 0 spiro atoms. The molecule has 3 rings (SSSR count). The number of nitrogens with one attached hydrogen (secondary N) is 2. The van der Waals surface area contributed by atoms with Crippen molar-refractivity contribution in [1.29, 1.82) is 0 Å². The quantitative estimate of drug-likeness (QED) is 0.262. The van der Waals surface area contributed by atoms with Crippen molar-refractivity contribution in [3.63, 3.8) is 0 Å². The van der Waals surface area contributed by atoms with Gasteiger partial charge >= 0.3 is 6.18 Å². The number of halogens is 3. The van der Waals surface area contributed by atoms with E-state index in [1.54, 1.807) is 24.3 Å². The predicted molar refractivity (Wildman–Crippen MR) is 130 cm³/mol. The van der Waals surface area contributed by atoms with Gasteiger partial charge in [0.15, 0.2) is 0 Å². The first-order chi connectivity index (χ1) is 16.4. The molecule has 0 saturated carbocycles. The molecule has 34 heavy (non-hydrogen) atoms. The number of nitrogens with zero attached hydrogens (tertiary/aromatic N) is 2. The van der Waals surface area contributed by atoms with Gasteiger partial charge in [-0.1, -0.05) is 57.4 Å². The van der Waals surface area contributed by atoms with Gasteiger partial charge < -0.3 is 15.4 Å². The van der Waals surface area contributed by atoms with Crippen LogP contribution in [0.2, 0.25) is 0 Å². The van der Waals surface area contributed by atoms with Crippen LogP contribution < -0.4 is 15.4 Å². The van der Waals surface area contributed by atoms with Crippen LogP contribution >= 0.6 is 0 Å². The maximum atomic E-state index is 13.7. The predicted octanol–water partition coefficient (Wildman–Crippen LogP) is 7.89. The first-order valence-electron chi connectivity index (χ1n) is 11.7. The highest BCUT2D eigenvalue weighted by Crippen LogP contribution is 2.37. The average Bonchev–Trinajstić information content (AvgIpc) is 2.81. The number of alkyl halides is 3. The number of benzene rings is 2. The summed E-state index contributed by atoms with van der Waals surface area (Å²) >= 11 is 0. The molecule has 0 saturated heterocycles. The number of hydrogen-bond donors (Lipinski definition) is 2. The number of hydrogen-bond acceptors (Lipinski definition) is 5. The summed E-state index contributed by atoms with van der Waals surface area (Å²) in [7, 11) is 0. The van der Waals surface area contributed by atoms with Crippen molar-refractivity contribution in [2.75, 3.05) is 17.2 Å². The Morgan fingerprint density at radius 2 is 1.62 bits per heavy atom. The van der Waals surface area contributed by atoms with Gasteiger partial charge in [0.25, 0.3) is 0 Å². The lowest BCUT2D eigenvalue weighted by molar-refractivity contribution is -0.137. The molecule has 0 fully saturated rings. The maximum Gasteiger partial charge on any atom is 0.421 e. The van der Waals surface area contributed by atoms with Gasteiger partial charge in [0.05, 0.1) is 12.3 Å². The van der Waals surface area contributed by atoms with Crippen molar-refractivity contribution >= 4 is 23.1 Å². The van der Waals surface area contributed by atoms with Crippen molar-refractivity contribution < 1.29 is 17.9 Å². The molecular formula is C26H31F3N4O. The first-order valence-corrected chi connectivity index (χ1v) is 11.7. The van der Waals surface area contributed by atoms with E-state index in [0.717, 1.165) is 38.3 Å². The van der Waals surface area contributed by atoms with E-state index >= 15 is 0 Å². The van der Waals surface area contributed by atoms with E-state index in [9.17, 15) is 13.2 Å². The lowest BCUT2D eigenvalue weighted by Crippen LogP contribution is -2.13. The average molecular weight is 473 g/mol. The van der Waals surface area contributed by atoms with Crippen LogP contribution in [0.4, 0.5) is 36.3 Å². The molecule has 3 aromatic rings. The lowest BCUT2D eigenvalue weighted by atomic mass is 10.1. The minimum Gasteiger partial charge on any atom is -0.491 e. The molecule has 0 aliphatic carbocycles. The van der Waals surface area contributed by atoms with Crippen LogP contribution in [0.15, 0.2) is 54.7 Å². The summed E-state index contributed by atoms with van der Waals surface area (Å²) in [5, 5.41) is 5.80. The van der Waals surface area contributed by atoms with Crippen molar-refractivity contribution in [3.05, 3.63) is 65.9 Å². The number of rotatable bonds is 12. The van der Waals surface area contributed by atoms with E-state index in [4.69, 9.17) is 4.74 Å². The van der Waals surface area contributed by atoms with E-state index in [1.807, 2.05) is 31.2 Å². The standard InChI is InChI=1S/C26H31F3N4O/c1-3-5-7-10-19-13-15-20(16-14-19)31-25-30-18-21(26(27,28)29)24(33-25)32-22-11-8-9-12-23(22)34-17-6-4-2/h8-9,11-16,18H,3-7,10,17H2,1-2H3,(H2,30,31,32,33). The summed E-state index contributed by atoms with van der Waals surface area (Å²) in [6, 6.07) is 14.6. The summed E-state index contributed by atoms with van der Waals surface area (Å²) in [6.45, 7) is 4.68. The Morgan fingerprint density at radius 1 is 0.882 bits per heavy atom. The van der Waals surface area contributed by atoms with Crippen LogP contribution in [0.25, 0.3) is 0 Å². The number of aryl methyl sites for hydroxylation is 1. The van der Waals surface area contributed by atoms with Crippen LogP contribution in [0, 0.1) is 0 Å². The normalized spacial score (nSPS) is 11.3. The molecule has 2 N–H and O–H groups in total. The SMILES string of the molecule is CCCCCc1ccc(Nc2ncc(C(F)(F)F)c(Nc3ccccc3OCCCC)n2)cc1. The topological polar surface area (TPSA) is 59.1 Å². The minimum absolute atomic E-state index is 0.0682. The highest BCUT2D eigenvalue weighted by atomic mass is 19.4. The largest absolute Gasteiger partial charge is 0.491 e. The summed E-state index contributed by atoms with van der Waals surface area (Å²) < 4.78 is 46.7. The third-order valence-corrected chi connectivity index (χ3v) is 5.27. The summed E-state index contributed by atoms with van der Waals surface area (Å²) in [6.07, 6.45) is 2.45. The van der Waals surface area contributed by atoms with Gasteiger partial charge in [0, 0.05) is 11.9 Å². The Hall–Kier alpha value is -3.29. The van der Waals surface area contributed by atoms with Gasteiger partial charge in [-0.15, -0.1) is 0 Å². The molecule has 0 atom stereocenters. The van der Waals surface area contributed by atoms with E-state index in [0.29, 0.717) is 23.7 Å². The molecule has 2 aromatic carbocycles. The third-order valence-electron chi connectivity index (χ3n) is 5.27. The summed E-state index contributed by atoms with van der Waals surface area (Å²) in [4.78, 5) is 8.04. The van der Waals surface area contributed by atoms with E-state index in [1.165, 1.54) is 12.0 Å². The smallest absolute Gasteiger partial charge is 0.421 e. The molecule has 1 heterocycles. The second kappa shape index (κ2) is 12.3. The zero-order valence-electron chi connectivity index (χ0n) is 19.6. The zero-order valence-corrected chi connectivity index (χ0v) is 19.6. The van der Waals surface area contributed by atoms with Crippen LogP contribution in [0.3, 0.4) is 0 Å². The summed E-state index contributed by atoms with van der Waals surface area (Å²) in [5.41, 5.74) is 1.38. The molecule has 0 unspecified atom stereocenters. The van der Waals surface area contributed by atoms with Crippen LogP contribution in [0.1, 0.15) is 57.1 Å². The van der Waals surface area contributed by atoms with Crippen molar-refractivity contribution in [3.8, 4) is 5.75 Å². The highest BCUT2D eigenvalue weighted by Gasteiger charge is 2.35. The number of para-hydroxylation sites is 2. The van der Waals surface area contributed by atoms with E-state index in [-0.39, 0.29) is 11.8 Å². The Balaban J connectivity index is 1.81. The van der Waals surface area contributed by atoms with Crippen molar-refractivity contribution in [1.82, 2.24) is 9.97 Å². The molecule has 0 radical (unpaired) electrons. The third kappa shape index (κ3) is 7.37. The van der Waals surface area contributed by atoms with Crippen LogP contribution in [0.5, 0.6) is 5.75 Å². The van der Waals surface area contributed by atoms with E-state index in [2.05, 4.69) is 27.5 Å². The van der Waals surface area contributed by atoms with Crippen molar-refractivity contribution in [2.45, 2.75) is 58.5 Å². The van der Waals surface area contributed by atoms with Crippen LogP contribution in [-0.2, 0) is 12.6 Å². The number of aromatic nitrogens is 2. The monoisotopic (exact) mass is 472 g/mol. The van der Waals surface area contributed by atoms with Gasteiger partial charge in [0.2, 0.25) is 5.95 Å². The fraction of sp³-hybridized carbons (Fsp3) is 0.385. The fourth-order valence-electron chi connectivity index (χ4n) is 3.36. The Labute approximate surface area is 198 Å². The molecule has 5 nitrogen and oxygen atoms in total. The number of unbranched alkanes of at least 4 members (excludes halogenated alkanes) is 3.